The van der Waals surface area contributed by atoms with E-state index in [0.717, 1.165) is 0 Å². The first-order valence-electron chi connectivity index (χ1n) is 6.31. The molecule has 21 heavy (non-hydrogen) atoms. The molecule has 5 nitrogen and oxygen atoms in total. The molecule has 2 N–H and O–H groups in total. The summed E-state index contributed by atoms with van der Waals surface area (Å²) in [4.78, 5) is 10.9. The number of hydrogen-bond acceptors (Lipinski definition) is 3. The Morgan fingerprint density at radius 1 is 1.29 bits per heavy atom. The van der Waals surface area contributed by atoms with Gasteiger partial charge in [-0.3, -0.25) is 4.79 Å². The van der Waals surface area contributed by atoms with E-state index in [1.165, 1.54) is 18.2 Å². The molecule has 1 rings (SSSR count). The summed E-state index contributed by atoms with van der Waals surface area (Å²) < 4.78 is 26.7. The van der Waals surface area contributed by atoms with Crippen molar-refractivity contribution in [2.24, 2.45) is 11.8 Å². The summed E-state index contributed by atoms with van der Waals surface area (Å²) in [5, 5.41) is 9.09. The van der Waals surface area contributed by atoms with Crippen LogP contribution in [0.1, 0.15) is 20.3 Å². The Bertz CT molecular complexity index is 596. The molecular formula is C13H17Cl2NO4S. The number of benzene rings is 1. The van der Waals surface area contributed by atoms with Crippen molar-refractivity contribution in [3.63, 3.8) is 0 Å². The van der Waals surface area contributed by atoms with Gasteiger partial charge in [0.05, 0.1) is 16.0 Å². The normalized spacial score (nSPS) is 13.4. The number of nitrogens with one attached hydrogen (secondary N) is 1. The monoisotopic (exact) mass is 353 g/mol. The zero-order chi connectivity index (χ0) is 16.2. The highest BCUT2D eigenvalue weighted by Gasteiger charge is 2.25. The van der Waals surface area contributed by atoms with Crippen LogP contribution in [0.25, 0.3) is 0 Å². The van der Waals surface area contributed by atoms with E-state index in [4.69, 9.17) is 28.3 Å². The van der Waals surface area contributed by atoms with Crippen LogP contribution < -0.4 is 4.72 Å². The first kappa shape index (κ1) is 18.2. The van der Waals surface area contributed by atoms with Crippen LogP contribution in [0, 0.1) is 11.8 Å². The summed E-state index contributed by atoms with van der Waals surface area (Å²) >= 11 is 11.7. The van der Waals surface area contributed by atoms with E-state index >= 15 is 0 Å². The van der Waals surface area contributed by atoms with E-state index < -0.39 is 21.9 Å². The Kier molecular flexibility index (Phi) is 6.46. The molecule has 1 aromatic rings. The molecule has 1 atom stereocenters. The van der Waals surface area contributed by atoms with Crippen molar-refractivity contribution >= 4 is 39.2 Å². The lowest BCUT2D eigenvalue weighted by atomic mass is 9.98. The standard InChI is InChI=1S/C13H17Cl2NO4S/c1-8(2)6-9(13(17)18)7-16-21(19,20)12-10(14)4-3-5-11(12)15/h3-5,8-9,16H,6-7H2,1-2H3,(H,17,18). The lowest BCUT2D eigenvalue weighted by Crippen LogP contribution is -2.34. The lowest BCUT2D eigenvalue weighted by molar-refractivity contribution is -0.142. The Balaban J connectivity index is 2.93. The van der Waals surface area contributed by atoms with Gasteiger partial charge in [0.2, 0.25) is 10.0 Å². The molecule has 118 valence electrons. The van der Waals surface area contributed by atoms with Crippen LogP contribution in [0.15, 0.2) is 23.1 Å². The van der Waals surface area contributed by atoms with E-state index in [2.05, 4.69) is 4.72 Å². The van der Waals surface area contributed by atoms with Gasteiger partial charge in [-0.25, -0.2) is 13.1 Å². The number of carboxylic acid groups (broad SMARTS) is 1. The molecule has 0 aliphatic heterocycles. The minimum absolute atomic E-state index is 0.00858. The van der Waals surface area contributed by atoms with Gasteiger partial charge in [-0.15, -0.1) is 0 Å². The van der Waals surface area contributed by atoms with Crippen molar-refractivity contribution in [2.45, 2.75) is 25.2 Å². The summed E-state index contributed by atoms with van der Waals surface area (Å²) in [6.45, 7) is 3.53. The molecule has 0 spiro atoms. The van der Waals surface area contributed by atoms with Gasteiger partial charge in [-0.2, -0.15) is 0 Å². The van der Waals surface area contributed by atoms with Crippen LogP contribution in [-0.4, -0.2) is 26.0 Å². The molecule has 0 aromatic heterocycles. The molecule has 0 aliphatic carbocycles. The first-order chi connectivity index (χ1) is 9.65. The van der Waals surface area contributed by atoms with Gasteiger partial charge in [-0.1, -0.05) is 43.1 Å². The quantitative estimate of drug-likeness (QED) is 0.788. The molecule has 1 unspecified atom stereocenters. The maximum atomic E-state index is 12.2. The molecule has 0 bridgehead atoms. The molecule has 0 aliphatic rings. The highest BCUT2D eigenvalue weighted by molar-refractivity contribution is 7.89. The molecule has 0 fully saturated rings. The predicted molar refractivity (Wildman–Crippen MR) is 82.2 cm³/mol. The lowest BCUT2D eigenvalue weighted by Gasteiger charge is -2.16. The fourth-order valence-corrected chi connectivity index (χ4v) is 4.08. The highest BCUT2D eigenvalue weighted by atomic mass is 35.5. The average molecular weight is 354 g/mol. The third-order valence-corrected chi connectivity index (χ3v) is 5.19. The van der Waals surface area contributed by atoms with Crippen LogP contribution in [0.2, 0.25) is 10.0 Å². The van der Waals surface area contributed by atoms with Crippen LogP contribution in [-0.2, 0) is 14.8 Å². The smallest absolute Gasteiger partial charge is 0.307 e. The fourth-order valence-electron chi connectivity index (χ4n) is 1.86. The summed E-state index contributed by atoms with van der Waals surface area (Å²) in [5.74, 6) is -1.71. The molecule has 0 radical (unpaired) electrons. The Morgan fingerprint density at radius 2 is 1.81 bits per heavy atom. The van der Waals surface area contributed by atoms with Gasteiger partial charge in [0.1, 0.15) is 4.90 Å². The number of halogens is 2. The van der Waals surface area contributed by atoms with Gasteiger partial charge in [-0.05, 0) is 24.5 Å². The molecule has 0 saturated heterocycles. The molecule has 1 aromatic carbocycles. The summed E-state index contributed by atoms with van der Waals surface area (Å²) in [5.41, 5.74) is 0. The zero-order valence-electron chi connectivity index (χ0n) is 11.6. The van der Waals surface area contributed by atoms with Crippen LogP contribution in [0.4, 0.5) is 0 Å². The number of sulfonamides is 1. The van der Waals surface area contributed by atoms with Gasteiger partial charge >= 0.3 is 5.97 Å². The maximum absolute atomic E-state index is 12.2. The number of hydrogen-bond donors (Lipinski definition) is 2. The fraction of sp³-hybridized carbons (Fsp3) is 0.462. The maximum Gasteiger partial charge on any atom is 0.307 e. The van der Waals surface area contributed by atoms with E-state index in [9.17, 15) is 13.2 Å². The Morgan fingerprint density at radius 3 is 2.24 bits per heavy atom. The zero-order valence-corrected chi connectivity index (χ0v) is 14.0. The largest absolute Gasteiger partial charge is 0.481 e. The number of carbonyl (C=O) groups is 1. The molecule has 0 heterocycles. The van der Waals surface area contributed by atoms with E-state index in [-0.39, 0.29) is 27.4 Å². The van der Waals surface area contributed by atoms with Crippen molar-refractivity contribution in [3.8, 4) is 0 Å². The second-order valence-electron chi connectivity index (χ2n) is 5.07. The van der Waals surface area contributed by atoms with Gasteiger partial charge in [0.25, 0.3) is 0 Å². The van der Waals surface area contributed by atoms with Gasteiger partial charge in [0, 0.05) is 6.54 Å². The van der Waals surface area contributed by atoms with E-state index in [0.29, 0.717) is 6.42 Å². The van der Waals surface area contributed by atoms with E-state index in [1.54, 1.807) is 0 Å². The van der Waals surface area contributed by atoms with Crippen molar-refractivity contribution in [3.05, 3.63) is 28.2 Å². The molecule has 0 saturated carbocycles. The first-order valence-corrected chi connectivity index (χ1v) is 8.55. The second kappa shape index (κ2) is 7.45. The Hall–Kier alpha value is -0.820. The van der Waals surface area contributed by atoms with Crippen molar-refractivity contribution < 1.29 is 18.3 Å². The number of carboxylic acids is 1. The minimum atomic E-state index is -3.96. The van der Waals surface area contributed by atoms with Gasteiger partial charge < -0.3 is 5.11 Å². The number of aliphatic carboxylic acids is 1. The molecule has 0 amide bonds. The number of rotatable bonds is 7. The van der Waals surface area contributed by atoms with Gasteiger partial charge in [0.15, 0.2) is 0 Å². The summed E-state index contributed by atoms with van der Waals surface area (Å²) in [6, 6.07) is 4.35. The van der Waals surface area contributed by atoms with Crippen LogP contribution in [0.5, 0.6) is 0 Å². The molecular weight excluding hydrogens is 337 g/mol. The van der Waals surface area contributed by atoms with Crippen molar-refractivity contribution in [1.82, 2.24) is 4.72 Å². The Labute approximate surface area is 134 Å². The third kappa shape index (κ3) is 5.14. The van der Waals surface area contributed by atoms with Crippen molar-refractivity contribution in [1.29, 1.82) is 0 Å². The topological polar surface area (TPSA) is 83.5 Å². The minimum Gasteiger partial charge on any atom is -0.481 e. The molecule has 8 heteroatoms. The summed E-state index contributed by atoms with van der Waals surface area (Å²) in [6.07, 6.45) is 0.369. The van der Waals surface area contributed by atoms with Crippen LogP contribution >= 0.6 is 23.2 Å². The highest BCUT2D eigenvalue weighted by Crippen LogP contribution is 2.28. The summed E-state index contributed by atoms with van der Waals surface area (Å²) in [7, 11) is -3.96. The van der Waals surface area contributed by atoms with Crippen molar-refractivity contribution in [2.75, 3.05) is 6.54 Å². The SMILES string of the molecule is CC(C)CC(CNS(=O)(=O)c1c(Cl)cccc1Cl)C(=O)O. The second-order valence-corrected chi connectivity index (χ2v) is 7.59. The average Bonchev–Trinajstić information content (AvgIpc) is 2.33. The van der Waals surface area contributed by atoms with Crippen LogP contribution in [0.3, 0.4) is 0 Å². The third-order valence-electron chi connectivity index (χ3n) is 2.81. The predicted octanol–water partition coefficient (Wildman–Crippen LogP) is 3.02. The van der Waals surface area contributed by atoms with E-state index in [1.807, 2.05) is 13.8 Å².